The van der Waals surface area contributed by atoms with Crippen LogP contribution in [0.25, 0.3) is 0 Å². The second-order valence-corrected chi connectivity index (χ2v) is 5.93. The van der Waals surface area contributed by atoms with Crippen LogP contribution in [0.15, 0.2) is 36.4 Å². The molecule has 3 nitrogen and oxygen atoms in total. The first-order chi connectivity index (χ1) is 11.5. The van der Waals surface area contributed by atoms with Crippen molar-refractivity contribution in [1.29, 1.82) is 5.26 Å². The van der Waals surface area contributed by atoms with Crippen LogP contribution in [0.2, 0.25) is 0 Å². The summed E-state index contributed by atoms with van der Waals surface area (Å²) in [4.78, 5) is 1.91. The lowest BCUT2D eigenvalue weighted by Crippen LogP contribution is -2.24. The fourth-order valence-electron chi connectivity index (χ4n) is 3.11. The third kappa shape index (κ3) is 3.28. The van der Waals surface area contributed by atoms with Crippen LogP contribution >= 0.6 is 0 Å². The first kappa shape index (κ1) is 16.5. The molecule has 24 heavy (non-hydrogen) atoms. The Labute approximate surface area is 137 Å². The molecule has 2 aromatic carbocycles. The third-order valence-electron chi connectivity index (χ3n) is 4.25. The standard InChI is InChI=1S/C18H15F3N2O/c19-15-3-1-11(5-13(15)8-22)9-23-10-14(24)7-18(23)12-2-4-16(20)17(21)6-12/h1-6,14,18,24H,7,9-10H2. The molecule has 1 aliphatic heterocycles. The van der Waals surface area contributed by atoms with Gasteiger partial charge in [0.05, 0.1) is 11.7 Å². The van der Waals surface area contributed by atoms with Gasteiger partial charge in [-0.15, -0.1) is 0 Å². The summed E-state index contributed by atoms with van der Waals surface area (Å²) in [6.45, 7) is 0.735. The number of halogens is 3. The van der Waals surface area contributed by atoms with E-state index in [1.807, 2.05) is 4.90 Å². The summed E-state index contributed by atoms with van der Waals surface area (Å²) >= 11 is 0. The molecule has 0 amide bonds. The number of aliphatic hydroxyl groups excluding tert-OH is 1. The van der Waals surface area contributed by atoms with Gasteiger partial charge in [-0.25, -0.2) is 13.2 Å². The molecular formula is C18H15F3N2O. The first-order valence-corrected chi connectivity index (χ1v) is 7.53. The van der Waals surface area contributed by atoms with Crippen molar-refractivity contribution in [1.82, 2.24) is 4.90 Å². The van der Waals surface area contributed by atoms with Crippen LogP contribution in [0.1, 0.15) is 29.2 Å². The van der Waals surface area contributed by atoms with Crippen LogP contribution in [0.4, 0.5) is 13.2 Å². The normalized spacial score (nSPS) is 21.0. The minimum absolute atomic E-state index is 0.0448. The molecule has 0 radical (unpaired) electrons. The molecule has 3 rings (SSSR count). The maximum Gasteiger partial charge on any atom is 0.159 e. The molecule has 1 aliphatic rings. The van der Waals surface area contributed by atoms with Crippen LogP contribution in [-0.2, 0) is 6.54 Å². The Kier molecular flexibility index (Phi) is 4.56. The van der Waals surface area contributed by atoms with Crippen molar-refractivity contribution in [3.05, 3.63) is 70.5 Å². The third-order valence-corrected chi connectivity index (χ3v) is 4.25. The zero-order chi connectivity index (χ0) is 17.3. The highest BCUT2D eigenvalue weighted by Gasteiger charge is 2.32. The van der Waals surface area contributed by atoms with Gasteiger partial charge in [0, 0.05) is 19.1 Å². The highest BCUT2D eigenvalue weighted by atomic mass is 19.2. The monoisotopic (exact) mass is 332 g/mol. The van der Waals surface area contributed by atoms with Gasteiger partial charge in [0.2, 0.25) is 0 Å². The highest BCUT2D eigenvalue weighted by Crippen LogP contribution is 2.34. The molecule has 0 bridgehead atoms. The van der Waals surface area contributed by atoms with E-state index in [0.29, 0.717) is 25.1 Å². The van der Waals surface area contributed by atoms with Gasteiger partial charge < -0.3 is 5.11 Å². The summed E-state index contributed by atoms with van der Waals surface area (Å²) in [6.07, 6.45) is -0.184. The van der Waals surface area contributed by atoms with Crippen LogP contribution in [0, 0.1) is 28.8 Å². The van der Waals surface area contributed by atoms with E-state index in [1.165, 1.54) is 18.2 Å². The van der Waals surface area contributed by atoms with E-state index >= 15 is 0 Å². The van der Waals surface area contributed by atoms with Crippen molar-refractivity contribution in [3.63, 3.8) is 0 Å². The zero-order valence-electron chi connectivity index (χ0n) is 12.7. The number of β-amino-alcohol motifs (C(OH)–C–C–N with tert-alkyl or cyclic N) is 1. The van der Waals surface area contributed by atoms with E-state index in [-0.39, 0.29) is 11.6 Å². The molecule has 1 N–H and O–H groups in total. The van der Waals surface area contributed by atoms with Crippen LogP contribution in [0.3, 0.4) is 0 Å². The van der Waals surface area contributed by atoms with Gasteiger partial charge in [0.15, 0.2) is 11.6 Å². The smallest absolute Gasteiger partial charge is 0.159 e. The average Bonchev–Trinajstić information content (AvgIpc) is 2.92. The van der Waals surface area contributed by atoms with Crippen LogP contribution in [0.5, 0.6) is 0 Å². The quantitative estimate of drug-likeness (QED) is 0.938. The number of hydrogen-bond donors (Lipinski definition) is 1. The Morgan fingerprint density at radius 3 is 2.54 bits per heavy atom. The molecule has 2 unspecified atom stereocenters. The van der Waals surface area contributed by atoms with Gasteiger partial charge in [-0.05, 0) is 41.8 Å². The largest absolute Gasteiger partial charge is 0.392 e. The van der Waals surface area contributed by atoms with E-state index in [9.17, 15) is 18.3 Å². The van der Waals surface area contributed by atoms with Crippen molar-refractivity contribution in [2.45, 2.75) is 25.1 Å². The Balaban J connectivity index is 1.85. The maximum absolute atomic E-state index is 13.5. The summed E-state index contributed by atoms with van der Waals surface area (Å²) in [5.74, 6) is -2.43. The summed E-state index contributed by atoms with van der Waals surface area (Å²) in [6, 6.07) is 9.49. The van der Waals surface area contributed by atoms with E-state index in [4.69, 9.17) is 5.26 Å². The second-order valence-electron chi connectivity index (χ2n) is 5.93. The number of aliphatic hydroxyl groups is 1. The summed E-state index contributed by atoms with van der Waals surface area (Å²) < 4.78 is 40.0. The molecular weight excluding hydrogens is 317 g/mol. The van der Waals surface area contributed by atoms with Crippen molar-refractivity contribution in [2.24, 2.45) is 0 Å². The molecule has 1 heterocycles. The molecule has 0 aromatic heterocycles. The lowest BCUT2D eigenvalue weighted by atomic mass is 10.0. The lowest BCUT2D eigenvalue weighted by molar-refractivity contribution is 0.172. The second kappa shape index (κ2) is 6.63. The van der Waals surface area contributed by atoms with Crippen molar-refractivity contribution in [2.75, 3.05) is 6.54 Å². The SMILES string of the molecule is N#Cc1cc(CN2CC(O)CC2c2ccc(F)c(F)c2)ccc1F. The zero-order valence-corrected chi connectivity index (χ0v) is 12.7. The fraction of sp³-hybridized carbons (Fsp3) is 0.278. The van der Waals surface area contributed by atoms with Gasteiger partial charge in [-0.1, -0.05) is 12.1 Å². The summed E-state index contributed by atoms with van der Waals surface area (Å²) in [5, 5.41) is 18.9. The predicted octanol–water partition coefficient (Wildman–Crippen LogP) is 3.28. The molecule has 6 heteroatoms. The van der Waals surface area contributed by atoms with Crippen LogP contribution < -0.4 is 0 Å². The van der Waals surface area contributed by atoms with Crippen molar-refractivity contribution in [3.8, 4) is 6.07 Å². The topological polar surface area (TPSA) is 47.3 Å². The Bertz CT molecular complexity index is 803. The van der Waals surface area contributed by atoms with Gasteiger partial charge in [-0.2, -0.15) is 5.26 Å². The van der Waals surface area contributed by atoms with Gasteiger partial charge in [-0.3, -0.25) is 4.90 Å². The van der Waals surface area contributed by atoms with Gasteiger partial charge >= 0.3 is 0 Å². The molecule has 0 spiro atoms. The Morgan fingerprint density at radius 1 is 1.08 bits per heavy atom. The minimum atomic E-state index is -0.928. The Morgan fingerprint density at radius 2 is 1.83 bits per heavy atom. The Hall–Kier alpha value is -2.36. The van der Waals surface area contributed by atoms with Gasteiger partial charge in [0.1, 0.15) is 11.9 Å². The van der Waals surface area contributed by atoms with E-state index in [0.717, 1.165) is 17.7 Å². The van der Waals surface area contributed by atoms with Gasteiger partial charge in [0.25, 0.3) is 0 Å². The molecule has 0 aliphatic carbocycles. The van der Waals surface area contributed by atoms with E-state index in [1.54, 1.807) is 12.1 Å². The molecule has 1 fully saturated rings. The van der Waals surface area contributed by atoms with E-state index in [2.05, 4.69) is 0 Å². The first-order valence-electron chi connectivity index (χ1n) is 7.53. The molecule has 2 aromatic rings. The predicted molar refractivity (Wildman–Crippen MR) is 81.2 cm³/mol. The summed E-state index contributed by atoms with van der Waals surface area (Å²) in [5.41, 5.74) is 1.25. The number of nitriles is 1. The molecule has 2 atom stereocenters. The van der Waals surface area contributed by atoms with Crippen molar-refractivity contribution >= 4 is 0 Å². The number of likely N-dealkylation sites (tertiary alicyclic amines) is 1. The van der Waals surface area contributed by atoms with Crippen LogP contribution in [-0.4, -0.2) is 22.7 Å². The molecule has 124 valence electrons. The minimum Gasteiger partial charge on any atom is -0.392 e. The number of hydrogen-bond acceptors (Lipinski definition) is 3. The number of rotatable bonds is 3. The number of nitrogens with zero attached hydrogens (tertiary/aromatic N) is 2. The molecule has 1 saturated heterocycles. The fourth-order valence-corrected chi connectivity index (χ4v) is 3.11. The molecule has 0 saturated carbocycles. The average molecular weight is 332 g/mol. The summed E-state index contributed by atoms with van der Waals surface area (Å²) in [7, 11) is 0. The number of benzene rings is 2. The van der Waals surface area contributed by atoms with Crippen molar-refractivity contribution < 1.29 is 18.3 Å². The van der Waals surface area contributed by atoms with E-state index < -0.39 is 23.6 Å². The maximum atomic E-state index is 13.5. The lowest BCUT2D eigenvalue weighted by Gasteiger charge is -2.24. The highest BCUT2D eigenvalue weighted by molar-refractivity contribution is 5.34.